The fourth-order valence-corrected chi connectivity index (χ4v) is 3.89. The molecule has 3 atom stereocenters. The summed E-state index contributed by atoms with van der Waals surface area (Å²) in [4.78, 5) is 23.6. The lowest BCUT2D eigenvalue weighted by Crippen LogP contribution is -2.43. The predicted molar refractivity (Wildman–Crippen MR) is 79.9 cm³/mol. The van der Waals surface area contributed by atoms with E-state index in [1.54, 1.807) is 12.1 Å². The number of carbonyl (C=O) groups is 2. The van der Waals surface area contributed by atoms with Crippen LogP contribution in [0.25, 0.3) is 0 Å². The molecule has 4 nitrogen and oxygen atoms in total. The van der Waals surface area contributed by atoms with E-state index in [1.807, 2.05) is 0 Å². The molecule has 1 aromatic carbocycles. The zero-order valence-electron chi connectivity index (χ0n) is 12.5. The van der Waals surface area contributed by atoms with Gasteiger partial charge in [0.05, 0.1) is 6.42 Å². The van der Waals surface area contributed by atoms with Crippen molar-refractivity contribution >= 4 is 11.8 Å². The van der Waals surface area contributed by atoms with E-state index in [1.165, 1.54) is 31.4 Å². The van der Waals surface area contributed by atoms with E-state index in [9.17, 15) is 14.0 Å². The number of halogens is 1. The molecule has 22 heavy (non-hydrogen) atoms. The molecule has 1 aromatic rings. The smallest absolute Gasteiger partial charge is 0.242 e. The highest BCUT2D eigenvalue weighted by Crippen LogP contribution is 2.49. The molecule has 2 amide bonds. The number of hydrogen-bond donors (Lipinski definition) is 2. The van der Waals surface area contributed by atoms with Crippen molar-refractivity contribution in [1.29, 1.82) is 0 Å². The standard InChI is InChI=1S/C17H21FN2O2/c18-15-5-2-11(3-6-15)9-16(21)19-20-17(22)10-14-8-12-1-4-13(14)7-12/h2-3,5-6,12-14H,1,4,7-10H2,(H,19,21)(H,20,22)/t12-,13+,14+/m0/s1. The SMILES string of the molecule is O=C(Cc1ccc(F)cc1)NNC(=O)C[C@H]1C[C@H]2CC[C@@H]1C2. The minimum Gasteiger partial charge on any atom is -0.273 e. The third kappa shape index (κ3) is 3.64. The topological polar surface area (TPSA) is 58.2 Å². The molecule has 2 N–H and O–H groups in total. The monoisotopic (exact) mass is 304 g/mol. The zero-order valence-corrected chi connectivity index (χ0v) is 12.5. The molecule has 0 aromatic heterocycles. The van der Waals surface area contributed by atoms with Gasteiger partial charge in [0.15, 0.2) is 0 Å². The van der Waals surface area contributed by atoms with Crippen molar-refractivity contribution in [3.63, 3.8) is 0 Å². The minimum atomic E-state index is -0.330. The highest BCUT2D eigenvalue weighted by Gasteiger charge is 2.40. The highest BCUT2D eigenvalue weighted by molar-refractivity contribution is 5.83. The molecule has 0 radical (unpaired) electrons. The highest BCUT2D eigenvalue weighted by atomic mass is 19.1. The van der Waals surface area contributed by atoms with E-state index in [2.05, 4.69) is 10.9 Å². The molecule has 118 valence electrons. The average Bonchev–Trinajstić information content (AvgIpc) is 3.10. The normalized spacial score (nSPS) is 26.0. The third-order valence-corrected chi connectivity index (χ3v) is 4.95. The number of fused-ring (bicyclic) bond motifs is 2. The van der Waals surface area contributed by atoms with Crippen molar-refractivity contribution in [3.8, 4) is 0 Å². The Morgan fingerprint density at radius 3 is 2.41 bits per heavy atom. The van der Waals surface area contributed by atoms with Crippen LogP contribution in [0.3, 0.4) is 0 Å². The Kier molecular flexibility index (Phi) is 4.41. The summed E-state index contributed by atoms with van der Waals surface area (Å²) in [5, 5.41) is 0. The summed E-state index contributed by atoms with van der Waals surface area (Å²) in [7, 11) is 0. The van der Waals surface area contributed by atoms with Crippen LogP contribution in [0.15, 0.2) is 24.3 Å². The van der Waals surface area contributed by atoms with Crippen LogP contribution in [0, 0.1) is 23.6 Å². The second-order valence-corrected chi connectivity index (χ2v) is 6.54. The number of hydrogen-bond acceptors (Lipinski definition) is 2. The van der Waals surface area contributed by atoms with Gasteiger partial charge in [-0.1, -0.05) is 18.6 Å². The van der Waals surface area contributed by atoms with Crippen molar-refractivity contribution in [1.82, 2.24) is 10.9 Å². The van der Waals surface area contributed by atoms with E-state index in [0.717, 1.165) is 12.3 Å². The van der Waals surface area contributed by atoms with Crippen molar-refractivity contribution in [2.75, 3.05) is 0 Å². The maximum Gasteiger partial charge on any atom is 0.242 e. The molecule has 0 saturated heterocycles. The van der Waals surface area contributed by atoms with Gasteiger partial charge in [0.1, 0.15) is 5.82 Å². The van der Waals surface area contributed by atoms with E-state index < -0.39 is 0 Å². The van der Waals surface area contributed by atoms with E-state index in [4.69, 9.17) is 0 Å². The molecule has 0 heterocycles. The van der Waals surface area contributed by atoms with Gasteiger partial charge in [0, 0.05) is 6.42 Å². The van der Waals surface area contributed by atoms with Gasteiger partial charge in [-0.05, 0) is 54.7 Å². The maximum absolute atomic E-state index is 12.8. The Hall–Kier alpha value is -1.91. The summed E-state index contributed by atoms with van der Waals surface area (Å²) in [5.74, 6) is 1.25. The number of nitrogens with one attached hydrogen (secondary N) is 2. The molecule has 2 aliphatic carbocycles. The van der Waals surface area contributed by atoms with Crippen LogP contribution in [0.1, 0.15) is 37.7 Å². The third-order valence-electron chi connectivity index (χ3n) is 4.95. The fourth-order valence-electron chi connectivity index (χ4n) is 3.89. The van der Waals surface area contributed by atoms with Gasteiger partial charge in [-0.15, -0.1) is 0 Å². The number of rotatable bonds is 4. The van der Waals surface area contributed by atoms with Crippen molar-refractivity contribution in [2.24, 2.45) is 17.8 Å². The summed E-state index contributed by atoms with van der Waals surface area (Å²) >= 11 is 0. The van der Waals surface area contributed by atoms with Gasteiger partial charge in [0.25, 0.3) is 0 Å². The lowest BCUT2D eigenvalue weighted by atomic mass is 9.86. The van der Waals surface area contributed by atoms with Crippen LogP contribution in [-0.2, 0) is 16.0 Å². The first kappa shape index (κ1) is 15.0. The Bertz CT molecular complexity index is 558. The Balaban J connectivity index is 1.39. The number of hydrazine groups is 1. The van der Waals surface area contributed by atoms with Gasteiger partial charge in [-0.25, -0.2) is 4.39 Å². The molecule has 0 unspecified atom stereocenters. The van der Waals surface area contributed by atoms with E-state index >= 15 is 0 Å². The summed E-state index contributed by atoms with van der Waals surface area (Å²) in [5.41, 5.74) is 5.63. The van der Waals surface area contributed by atoms with Crippen LogP contribution >= 0.6 is 0 Å². The Morgan fingerprint density at radius 2 is 1.77 bits per heavy atom. The summed E-state index contributed by atoms with van der Waals surface area (Å²) in [6, 6.07) is 5.75. The molecule has 2 fully saturated rings. The number of carbonyl (C=O) groups excluding carboxylic acids is 2. The van der Waals surface area contributed by atoms with Crippen molar-refractivity contribution < 1.29 is 14.0 Å². The molecule has 0 spiro atoms. The quantitative estimate of drug-likeness (QED) is 0.839. The van der Waals surface area contributed by atoms with Crippen LogP contribution in [0.2, 0.25) is 0 Å². The van der Waals surface area contributed by atoms with Gasteiger partial charge in [-0.2, -0.15) is 0 Å². The van der Waals surface area contributed by atoms with E-state index in [-0.39, 0.29) is 24.1 Å². The van der Waals surface area contributed by atoms with E-state index in [0.29, 0.717) is 23.8 Å². The molecule has 2 aliphatic rings. The Labute approximate surface area is 129 Å². The van der Waals surface area contributed by atoms with Gasteiger partial charge in [0.2, 0.25) is 11.8 Å². The Morgan fingerprint density at radius 1 is 1.05 bits per heavy atom. The molecule has 2 saturated carbocycles. The lowest BCUT2D eigenvalue weighted by Gasteiger charge is -2.20. The van der Waals surface area contributed by atoms with Gasteiger partial charge >= 0.3 is 0 Å². The summed E-state index contributed by atoms with van der Waals surface area (Å²) in [6.07, 6.45) is 5.61. The zero-order chi connectivity index (χ0) is 15.5. The molecule has 5 heteroatoms. The molecular weight excluding hydrogens is 283 g/mol. The lowest BCUT2D eigenvalue weighted by molar-refractivity contribution is -0.129. The molecule has 0 aliphatic heterocycles. The van der Waals surface area contributed by atoms with Crippen LogP contribution < -0.4 is 10.9 Å². The van der Waals surface area contributed by atoms with Crippen LogP contribution in [-0.4, -0.2) is 11.8 Å². The largest absolute Gasteiger partial charge is 0.273 e. The first-order chi connectivity index (χ1) is 10.6. The number of benzene rings is 1. The molecular formula is C17H21FN2O2. The fraction of sp³-hybridized carbons (Fsp3) is 0.529. The van der Waals surface area contributed by atoms with Crippen LogP contribution in [0.5, 0.6) is 0 Å². The van der Waals surface area contributed by atoms with Gasteiger partial charge < -0.3 is 0 Å². The maximum atomic E-state index is 12.8. The molecule has 2 bridgehead atoms. The molecule has 3 rings (SSSR count). The first-order valence-corrected chi connectivity index (χ1v) is 7.92. The second kappa shape index (κ2) is 6.46. The average molecular weight is 304 g/mol. The predicted octanol–water partition coefficient (Wildman–Crippen LogP) is 2.34. The first-order valence-electron chi connectivity index (χ1n) is 7.92. The summed E-state index contributed by atoms with van der Waals surface area (Å²) < 4.78 is 12.8. The van der Waals surface area contributed by atoms with Crippen molar-refractivity contribution in [2.45, 2.75) is 38.5 Å². The summed E-state index contributed by atoms with van der Waals surface area (Å²) in [6.45, 7) is 0. The van der Waals surface area contributed by atoms with Crippen molar-refractivity contribution in [3.05, 3.63) is 35.6 Å². The van der Waals surface area contributed by atoms with Crippen LogP contribution in [0.4, 0.5) is 4.39 Å². The second-order valence-electron chi connectivity index (χ2n) is 6.54. The number of amides is 2. The van der Waals surface area contributed by atoms with Gasteiger partial charge in [-0.3, -0.25) is 20.4 Å². The minimum absolute atomic E-state index is 0.120.